The summed E-state index contributed by atoms with van der Waals surface area (Å²) in [5, 5.41) is 3.85. The van der Waals surface area contributed by atoms with Crippen LogP contribution in [0.15, 0.2) is 88.8 Å². The third-order valence-electron chi connectivity index (χ3n) is 4.94. The molecular weight excluding hydrogens is 448 g/mol. The SMILES string of the molecule is CCOc1ccccc1NC(=O)Cn1cc(S(=O)(=O)c2ccc(Cl)cc2)c2ccccc21. The minimum atomic E-state index is -3.80. The van der Waals surface area contributed by atoms with Crippen molar-refractivity contribution < 1.29 is 17.9 Å². The average molecular weight is 469 g/mol. The van der Waals surface area contributed by atoms with E-state index in [1.54, 1.807) is 47.0 Å². The number of ether oxygens (including phenoxy) is 1. The summed E-state index contributed by atoms with van der Waals surface area (Å²) in [6.07, 6.45) is 1.50. The predicted octanol–water partition coefficient (Wildman–Crippen LogP) is 5.16. The quantitative estimate of drug-likeness (QED) is 0.406. The number of fused-ring (bicyclic) bond motifs is 1. The van der Waals surface area contributed by atoms with Gasteiger partial charge in [0.25, 0.3) is 0 Å². The summed E-state index contributed by atoms with van der Waals surface area (Å²) >= 11 is 5.91. The number of carbonyl (C=O) groups excluding carboxylic acids is 1. The van der Waals surface area contributed by atoms with Gasteiger partial charge in [0.2, 0.25) is 15.7 Å². The summed E-state index contributed by atoms with van der Waals surface area (Å²) < 4.78 is 33.8. The summed E-state index contributed by atoms with van der Waals surface area (Å²) in [6, 6.07) is 20.3. The third kappa shape index (κ3) is 4.35. The molecule has 0 aliphatic rings. The molecule has 0 aliphatic carbocycles. The van der Waals surface area contributed by atoms with Crippen LogP contribution in [0.1, 0.15) is 6.92 Å². The van der Waals surface area contributed by atoms with E-state index in [1.807, 2.05) is 13.0 Å². The molecule has 32 heavy (non-hydrogen) atoms. The second-order valence-corrected chi connectivity index (χ2v) is 9.43. The number of sulfone groups is 1. The molecule has 8 heteroatoms. The van der Waals surface area contributed by atoms with Crippen LogP contribution in [-0.2, 0) is 21.2 Å². The van der Waals surface area contributed by atoms with Gasteiger partial charge in [0, 0.05) is 22.1 Å². The highest BCUT2D eigenvalue weighted by Crippen LogP contribution is 2.31. The zero-order valence-electron chi connectivity index (χ0n) is 17.3. The smallest absolute Gasteiger partial charge is 0.244 e. The molecule has 0 fully saturated rings. The van der Waals surface area contributed by atoms with Crippen molar-refractivity contribution >= 4 is 43.9 Å². The first-order valence-corrected chi connectivity index (χ1v) is 11.9. The van der Waals surface area contributed by atoms with Crippen LogP contribution < -0.4 is 10.1 Å². The molecule has 0 atom stereocenters. The maximum absolute atomic E-state index is 13.3. The fourth-order valence-electron chi connectivity index (χ4n) is 3.49. The van der Waals surface area contributed by atoms with E-state index in [9.17, 15) is 13.2 Å². The number of rotatable bonds is 7. The number of benzene rings is 3. The lowest BCUT2D eigenvalue weighted by Crippen LogP contribution is -2.18. The first kappa shape index (κ1) is 21.9. The van der Waals surface area contributed by atoms with Gasteiger partial charge in [-0.15, -0.1) is 0 Å². The third-order valence-corrected chi connectivity index (χ3v) is 6.99. The molecule has 1 N–H and O–H groups in total. The molecule has 164 valence electrons. The lowest BCUT2D eigenvalue weighted by atomic mass is 10.2. The van der Waals surface area contributed by atoms with Gasteiger partial charge in [-0.1, -0.05) is 41.9 Å². The molecule has 1 aromatic heterocycles. The highest BCUT2D eigenvalue weighted by atomic mass is 35.5. The summed E-state index contributed by atoms with van der Waals surface area (Å²) in [5.41, 5.74) is 1.21. The van der Waals surface area contributed by atoms with Gasteiger partial charge in [0.1, 0.15) is 12.3 Å². The molecule has 0 radical (unpaired) electrons. The topological polar surface area (TPSA) is 77.4 Å². The van der Waals surface area contributed by atoms with Gasteiger partial charge in [-0.2, -0.15) is 0 Å². The molecular formula is C24H21ClN2O4S. The zero-order chi connectivity index (χ0) is 22.7. The van der Waals surface area contributed by atoms with E-state index in [2.05, 4.69) is 5.32 Å². The Hall–Kier alpha value is -3.29. The monoisotopic (exact) mass is 468 g/mol. The van der Waals surface area contributed by atoms with Gasteiger partial charge in [-0.05, 0) is 49.4 Å². The molecule has 1 amide bonds. The Bertz CT molecular complexity index is 1380. The van der Waals surface area contributed by atoms with Gasteiger partial charge in [0.15, 0.2) is 0 Å². The lowest BCUT2D eigenvalue weighted by molar-refractivity contribution is -0.116. The van der Waals surface area contributed by atoms with Crippen LogP contribution in [0.5, 0.6) is 5.75 Å². The van der Waals surface area contributed by atoms with Gasteiger partial charge in [-0.25, -0.2) is 8.42 Å². The first-order valence-electron chi connectivity index (χ1n) is 10.0. The van der Waals surface area contributed by atoms with Crippen LogP contribution in [-0.4, -0.2) is 25.5 Å². The Morgan fingerprint density at radius 3 is 2.44 bits per heavy atom. The number of para-hydroxylation sites is 3. The second-order valence-electron chi connectivity index (χ2n) is 7.07. The van der Waals surface area contributed by atoms with Gasteiger partial charge < -0.3 is 14.6 Å². The normalized spacial score (nSPS) is 11.4. The molecule has 4 aromatic rings. The number of nitrogens with one attached hydrogen (secondary N) is 1. The molecule has 0 saturated carbocycles. The molecule has 1 heterocycles. The molecule has 0 unspecified atom stereocenters. The largest absolute Gasteiger partial charge is 0.492 e. The van der Waals surface area contributed by atoms with Crippen LogP contribution in [0, 0.1) is 0 Å². The van der Waals surface area contributed by atoms with Crippen LogP contribution in [0.2, 0.25) is 5.02 Å². The number of halogens is 1. The van der Waals surface area contributed by atoms with Crippen molar-refractivity contribution in [3.05, 3.63) is 84.0 Å². The highest BCUT2D eigenvalue weighted by molar-refractivity contribution is 7.91. The number of nitrogens with zero attached hydrogens (tertiary/aromatic N) is 1. The van der Waals surface area contributed by atoms with E-state index in [-0.39, 0.29) is 22.2 Å². The predicted molar refractivity (Wildman–Crippen MR) is 125 cm³/mol. The van der Waals surface area contributed by atoms with Crippen molar-refractivity contribution in [2.75, 3.05) is 11.9 Å². The van der Waals surface area contributed by atoms with E-state index in [0.717, 1.165) is 0 Å². The Morgan fingerprint density at radius 2 is 1.69 bits per heavy atom. The zero-order valence-corrected chi connectivity index (χ0v) is 18.9. The molecule has 4 rings (SSSR count). The maximum atomic E-state index is 13.3. The van der Waals surface area contributed by atoms with Crippen molar-refractivity contribution in [3.8, 4) is 5.75 Å². The van der Waals surface area contributed by atoms with Crippen LogP contribution in [0.25, 0.3) is 10.9 Å². The molecule has 0 spiro atoms. The lowest BCUT2D eigenvalue weighted by Gasteiger charge is -2.12. The minimum absolute atomic E-state index is 0.0584. The van der Waals surface area contributed by atoms with Crippen LogP contribution in [0.4, 0.5) is 5.69 Å². The molecule has 0 saturated heterocycles. The Morgan fingerprint density at radius 1 is 1.00 bits per heavy atom. The number of carbonyl (C=O) groups is 1. The summed E-state index contributed by atoms with van der Waals surface area (Å²) in [4.78, 5) is 13.1. The Kier molecular flexibility index (Phi) is 6.21. The fraction of sp³-hybridized carbons (Fsp3) is 0.125. The van der Waals surface area contributed by atoms with E-state index >= 15 is 0 Å². The molecule has 0 bridgehead atoms. The average Bonchev–Trinajstić information content (AvgIpc) is 3.15. The number of hydrogen-bond acceptors (Lipinski definition) is 4. The minimum Gasteiger partial charge on any atom is -0.492 e. The number of anilines is 1. The van der Waals surface area contributed by atoms with E-state index in [0.29, 0.717) is 34.0 Å². The van der Waals surface area contributed by atoms with Crippen molar-refractivity contribution in [1.29, 1.82) is 0 Å². The van der Waals surface area contributed by atoms with Crippen molar-refractivity contribution in [3.63, 3.8) is 0 Å². The number of hydrogen-bond donors (Lipinski definition) is 1. The van der Waals surface area contributed by atoms with Gasteiger partial charge in [0.05, 0.1) is 22.1 Å². The summed E-state index contributed by atoms with van der Waals surface area (Å²) in [7, 11) is -3.80. The summed E-state index contributed by atoms with van der Waals surface area (Å²) in [6.45, 7) is 2.28. The van der Waals surface area contributed by atoms with Crippen molar-refractivity contribution in [2.24, 2.45) is 0 Å². The summed E-state index contributed by atoms with van der Waals surface area (Å²) in [5.74, 6) is 0.278. The Labute approximate surface area is 191 Å². The molecule has 6 nitrogen and oxygen atoms in total. The van der Waals surface area contributed by atoms with Gasteiger partial charge >= 0.3 is 0 Å². The van der Waals surface area contributed by atoms with Crippen LogP contribution >= 0.6 is 11.6 Å². The van der Waals surface area contributed by atoms with E-state index < -0.39 is 9.84 Å². The number of amides is 1. The first-order chi connectivity index (χ1) is 15.4. The van der Waals surface area contributed by atoms with Gasteiger partial charge in [-0.3, -0.25) is 4.79 Å². The Balaban J connectivity index is 1.68. The second kappa shape index (κ2) is 9.06. The fourth-order valence-corrected chi connectivity index (χ4v) is 5.10. The maximum Gasteiger partial charge on any atom is 0.244 e. The highest BCUT2D eigenvalue weighted by Gasteiger charge is 2.24. The van der Waals surface area contributed by atoms with E-state index in [1.165, 1.54) is 30.5 Å². The van der Waals surface area contributed by atoms with Crippen molar-refractivity contribution in [1.82, 2.24) is 4.57 Å². The number of aromatic nitrogens is 1. The van der Waals surface area contributed by atoms with Crippen LogP contribution in [0.3, 0.4) is 0 Å². The molecule has 3 aromatic carbocycles. The standard InChI is InChI=1S/C24H21ClN2O4S/c1-2-31-22-10-6-4-8-20(22)26-24(28)16-27-15-23(19-7-3-5-9-21(19)27)32(29,30)18-13-11-17(25)12-14-18/h3-15H,2,16H2,1H3,(H,26,28). The van der Waals surface area contributed by atoms with Crippen molar-refractivity contribution in [2.45, 2.75) is 23.3 Å². The molecule has 0 aliphatic heterocycles. The van der Waals surface area contributed by atoms with E-state index in [4.69, 9.17) is 16.3 Å².